The number of nitrogens with one attached hydrogen (secondary N) is 1. The van der Waals surface area contributed by atoms with Gasteiger partial charge in [-0.3, -0.25) is 9.59 Å². The lowest BCUT2D eigenvalue weighted by Gasteiger charge is -2.23. The molecule has 0 bridgehead atoms. The van der Waals surface area contributed by atoms with Gasteiger partial charge in [0.05, 0.1) is 12.6 Å². The van der Waals surface area contributed by atoms with E-state index in [1.165, 1.54) is 4.57 Å². The second kappa shape index (κ2) is 5.68. The third-order valence-electron chi connectivity index (χ3n) is 2.86. The Morgan fingerprint density at radius 3 is 3.06 bits per heavy atom. The minimum Gasteiger partial charge on any atom is -0.480 e. The van der Waals surface area contributed by atoms with Crippen LogP contribution in [-0.4, -0.2) is 40.8 Å². The fourth-order valence-corrected chi connectivity index (χ4v) is 2.02. The van der Waals surface area contributed by atoms with Crippen molar-refractivity contribution in [2.75, 3.05) is 13.2 Å². The molecular weight excluding hydrogens is 236 g/mol. The number of carboxylic acid groups (broad SMARTS) is 1. The molecule has 18 heavy (non-hydrogen) atoms. The van der Waals surface area contributed by atoms with Crippen LogP contribution in [0.2, 0.25) is 0 Å². The number of carboxylic acids is 1. The molecule has 0 aliphatic carbocycles. The van der Waals surface area contributed by atoms with E-state index in [4.69, 9.17) is 9.84 Å². The first kappa shape index (κ1) is 12.6. The van der Waals surface area contributed by atoms with Gasteiger partial charge in [0.15, 0.2) is 0 Å². The van der Waals surface area contributed by atoms with E-state index in [2.05, 4.69) is 5.32 Å². The molecular formula is C12H16N2O4. The maximum Gasteiger partial charge on any atom is 0.323 e. The summed E-state index contributed by atoms with van der Waals surface area (Å²) >= 11 is 0. The highest BCUT2D eigenvalue weighted by Crippen LogP contribution is 2.08. The Balaban J connectivity index is 1.99. The first-order valence-corrected chi connectivity index (χ1v) is 5.92. The summed E-state index contributed by atoms with van der Waals surface area (Å²) in [7, 11) is 0. The molecule has 1 aliphatic rings. The van der Waals surface area contributed by atoms with Crippen LogP contribution in [0.4, 0.5) is 0 Å². The average Bonchev–Trinajstić information content (AvgIpc) is 2.77. The molecule has 1 atom stereocenters. The van der Waals surface area contributed by atoms with Crippen molar-refractivity contribution < 1.29 is 19.4 Å². The summed E-state index contributed by atoms with van der Waals surface area (Å²) in [6, 6.07) is 3.29. The number of rotatable bonds is 4. The molecule has 0 saturated carbocycles. The molecule has 1 unspecified atom stereocenters. The fourth-order valence-electron chi connectivity index (χ4n) is 2.02. The maximum absolute atomic E-state index is 12.0. The zero-order valence-electron chi connectivity index (χ0n) is 9.96. The van der Waals surface area contributed by atoms with Gasteiger partial charge in [0.2, 0.25) is 0 Å². The number of carbonyl (C=O) groups excluding carboxylic acids is 1. The highest BCUT2D eigenvalue weighted by molar-refractivity contribution is 5.93. The van der Waals surface area contributed by atoms with Crippen LogP contribution < -0.4 is 5.32 Å². The lowest BCUT2D eigenvalue weighted by atomic mass is 10.1. The number of nitrogens with zero attached hydrogens (tertiary/aromatic N) is 1. The van der Waals surface area contributed by atoms with Gasteiger partial charge in [0, 0.05) is 12.8 Å². The first-order valence-electron chi connectivity index (χ1n) is 5.92. The second-order valence-corrected chi connectivity index (χ2v) is 4.30. The predicted molar refractivity (Wildman–Crippen MR) is 63.4 cm³/mol. The monoisotopic (exact) mass is 252 g/mol. The minimum absolute atomic E-state index is 0.0134. The molecule has 98 valence electrons. The molecule has 1 aromatic rings. The van der Waals surface area contributed by atoms with Crippen molar-refractivity contribution in [2.24, 2.45) is 0 Å². The average molecular weight is 252 g/mol. The highest BCUT2D eigenvalue weighted by atomic mass is 16.5. The lowest BCUT2D eigenvalue weighted by molar-refractivity contribution is -0.137. The largest absolute Gasteiger partial charge is 0.480 e. The third kappa shape index (κ3) is 3.10. The Labute approximate surface area is 105 Å². The van der Waals surface area contributed by atoms with E-state index in [-0.39, 0.29) is 18.5 Å². The molecule has 1 aliphatic heterocycles. The Hall–Kier alpha value is -1.82. The number of amides is 1. The third-order valence-corrected chi connectivity index (χ3v) is 2.86. The van der Waals surface area contributed by atoms with Gasteiger partial charge in [-0.2, -0.15) is 0 Å². The number of carbonyl (C=O) groups is 2. The van der Waals surface area contributed by atoms with Gasteiger partial charge in [-0.05, 0) is 25.0 Å². The fraction of sp³-hybridized carbons (Fsp3) is 0.500. The number of hydrogen-bond acceptors (Lipinski definition) is 3. The van der Waals surface area contributed by atoms with E-state index in [9.17, 15) is 9.59 Å². The molecule has 0 spiro atoms. The zero-order chi connectivity index (χ0) is 13.0. The summed E-state index contributed by atoms with van der Waals surface area (Å²) < 4.78 is 6.70. The number of aliphatic carboxylic acids is 1. The molecule has 2 heterocycles. The summed E-state index contributed by atoms with van der Waals surface area (Å²) in [5.74, 6) is -1.22. The van der Waals surface area contributed by atoms with Crippen LogP contribution in [0.1, 0.15) is 23.3 Å². The highest BCUT2D eigenvalue weighted by Gasteiger charge is 2.19. The molecule has 6 heteroatoms. The van der Waals surface area contributed by atoms with Crippen LogP contribution in [0, 0.1) is 0 Å². The van der Waals surface area contributed by atoms with Crippen molar-refractivity contribution in [3.63, 3.8) is 0 Å². The quantitative estimate of drug-likeness (QED) is 0.816. The molecule has 0 radical (unpaired) electrons. The van der Waals surface area contributed by atoms with Crippen LogP contribution in [0.3, 0.4) is 0 Å². The van der Waals surface area contributed by atoms with Crippen LogP contribution in [0.15, 0.2) is 18.3 Å². The van der Waals surface area contributed by atoms with E-state index < -0.39 is 5.97 Å². The zero-order valence-corrected chi connectivity index (χ0v) is 9.96. The SMILES string of the molecule is O=C(O)Cn1cccc1C(=O)NC1CCCOC1. The Bertz CT molecular complexity index is 435. The maximum atomic E-state index is 12.0. The summed E-state index contributed by atoms with van der Waals surface area (Å²) in [6.07, 6.45) is 3.41. The molecule has 6 nitrogen and oxygen atoms in total. The summed E-state index contributed by atoms with van der Waals surface area (Å²) in [4.78, 5) is 22.7. The Kier molecular flexibility index (Phi) is 3.99. The van der Waals surface area contributed by atoms with Crippen LogP contribution >= 0.6 is 0 Å². The van der Waals surface area contributed by atoms with Gasteiger partial charge in [-0.1, -0.05) is 0 Å². The standard InChI is InChI=1S/C12H16N2O4/c15-11(16)7-14-5-1-4-10(14)12(17)13-9-3-2-6-18-8-9/h1,4-5,9H,2-3,6-8H2,(H,13,17)(H,15,16). The van der Waals surface area contributed by atoms with Crippen molar-refractivity contribution in [2.45, 2.75) is 25.4 Å². The van der Waals surface area contributed by atoms with Gasteiger partial charge in [0.25, 0.3) is 5.91 Å². The van der Waals surface area contributed by atoms with Crippen LogP contribution in [-0.2, 0) is 16.1 Å². The molecule has 1 fully saturated rings. The van der Waals surface area contributed by atoms with Crippen LogP contribution in [0.5, 0.6) is 0 Å². The van der Waals surface area contributed by atoms with Crippen molar-refractivity contribution in [3.05, 3.63) is 24.0 Å². The van der Waals surface area contributed by atoms with E-state index in [0.29, 0.717) is 12.3 Å². The lowest BCUT2D eigenvalue weighted by Crippen LogP contribution is -2.41. The minimum atomic E-state index is -0.971. The molecule has 2 N–H and O–H groups in total. The second-order valence-electron chi connectivity index (χ2n) is 4.30. The molecule has 1 saturated heterocycles. The van der Waals surface area contributed by atoms with Crippen LogP contribution in [0.25, 0.3) is 0 Å². The number of ether oxygens (including phenoxy) is 1. The molecule has 1 aromatic heterocycles. The summed E-state index contributed by atoms with van der Waals surface area (Å²) in [6.45, 7) is 1.05. The Morgan fingerprint density at radius 1 is 1.56 bits per heavy atom. The van der Waals surface area contributed by atoms with E-state index >= 15 is 0 Å². The van der Waals surface area contributed by atoms with Gasteiger partial charge in [-0.25, -0.2) is 0 Å². The smallest absolute Gasteiger partial charge is 0.323 e. The van der Waals surface area contributed by atoms with Crippen molar-refractivity contribution in [1.29, 1.82) is 0 Å². The molecule has 1 amide bonds. The Morgan fingerprint density at radius 2 is 2.39 bits per heavy atom. The van der Waals surface area contributed by atoms with Gasteiger partial charge < -0.3 is 19.7 Å². The van der Waals surface area contributed by atoms with E-state index in [1.807, 2.05) is 0 Å². The van der Waals surface area contributed by atoms with Gasteiger partial charge in [0.1, 0.15) is 12.2 Å². The van der Waals surface area contributed by atoms with Gasteiger partial charge >= 0.3 is 5.97 Å². The number of hydrogen-bond donors (Lipinski definition) is 2. The van der Waals surface area contributed by atoms with Gasteiger partial charge in [-0.15, -0.1) is 0 Å². The summed E-state index contributed by atoms with van der Waals surface area (Å²) in [5, 5.41) is 11.6. The van der Waals surface area contributed by atoms with E-state index in [1.54, 1.807) is 18.3 Å². The normalized spacial score (nSPS) is 19.4. The first-order chi connectivity index (χ1) is 8.66. The molecule has 0 aromatic carbocycles. The summed E-state index contributed by atoms with van der Waals surface area (Å²) in [5.41, 5.74) is 0.364. The topological polar surface area (TPSA) is 80.6 Å². The predicted octanol–water partition coefficient (Wildman–Crippen LogP) is 0.482. The number of aromatic nitrogens is 1. The molecule has 2 rings (SSSR count). The van der Waals surface area contributed by atoms with E-state index in [0.717, 1.165) is 19.4 Å². The van der Waals surface area contributed by atoms with Crippen molar-refractivity contribution >= 4 is 11.9 Å². The van der Waals surface area contributed by atoms with Crippen molar-refractivity contribution in [3.8, 4) is 0 Å². The van der Waals surface area contributed by atoms with Crippen molar-refractivity contribution in [1.82, 2.24) is 9.88 Å².